The second kappa shape index (κ2) is 5.60. The van der Waals surface area contributed by atoms with Crippen LogP contribution in [-0.2, 0) is 6.54 Å². The average molecular weight is 263 g/mol. The summed E-state index contributed by atoms with van der Waals surface area (Å²) in [6, 6.07) is 5.46. The zero-order chi connectivity index (χ0) is 13.8. The molecule has 2 aromatic rings. The summed E-state index contributed by atoms with van der Waals surface area (Å²) in [4.78, 5) is 11.7. The van der Waals surface area contributed by atoms with Crippen molar-refractivity contribution in [2.45, 2.75) is 26.3 Å². The van der Waals surface area contributed by atoms with E-state index in [4.69, 9.17) is 4.42 Å². The third kappa shape index (κ3) is 3.37. The predicted octanol–water partition coefficient (Wildman–Crippen LogP) is 2.26. The van der Waals surface area contributed by atoms with Gasteiger partial charge in [0.05, 0.1) is 6.54 Å². The van der Waals surface area contributed by atoms with E-state index in [2.05, 4.69) is 15.5 Å². The Morgan fingerprint density at radius 3 is 2.84 bits per heavy atom. The van der Waals surface area contributed by atoms with E-state index in [0.717, 1.165) is 0 Å². The van der Waals surface area contributed by atoms with Crippen molar-refractivity contribution in [1.82, 2.24) is 15.5 Å². The summed E-state index contributed by atoms with van der Waals surface area (Å²) < 4.78 is 18.3. The van der Waals surface area contributed by atoms with E-state index in [1.54, 1.807) is 0 Å². The maximum Gasteiger partial charge on any atom is 0.251 e. The topological polar surface area (TPSA) is 68.0 Å². The molecule has 0 aliphatic rings. The first-order chi connectivity index (χ1) is 9.06. The highest BCUT2D eigenvalue weighted by Gasteiger charge is 2.11. The fraction of sp³-hybridized carbons (Fsp3) is 0.308. The van der Waals surface area contributed by atoms with Crippen molar-refractivity contribution in [1.29, 1.82) is 0 Å². The van der Waals surface area contributed by atoms with Crippen LogP contribution in [0.25, 0.3) is 0 Å². The van der Waals surface area contributed by atoms with Gasteiger partial charge in [0.15, 0.2) is 0 Å². The first-order valence-corrected chi connectivity index (χ1v) is 5.92. The van der Waals surface area contributed by atoms with Gasteiger partial charge in [-0.15, -0.1) is 10.2 Å². The van der Waals surface area contributed by atoms with Crippen LogP contribution in [0, 0.1) is 5.82 Å². The fourth-order valence-corrected chi connectivity index (χ4v) is 1.46. The molecule has 0 unspecified atom stereocenters. The van der Waals surface area contributed by atoms with Crippen molar-refractivity contribution in [3.05, 3.63) is 47.4 Å². The van der Waals surface area contributed by atoms with Gasteiger partial charge in [-0.1, -0.05) is 19.9 Å². The van der Waals surface area contributed by atoms with Gasteiger partial charge < -0.3 is 9.73 Å². The lowest BCUT2D eigenvalue weighted by atomic mass is 10.2. The third-order valence-electron chi connectivity index (χ3n) is 2.46. The molecule has 100 valence electrons. The lowest BCUT2D eigenvalue weighted by Gasteiger charge is -2.02. The smallest absolute Gasteiger partial charge is 0.251 e. The summed E-state index contributed by atoms with van der Waals surface area (Å²) in [5, 5.41) is 10.3. The molecule has 1 amide bonds. The van der Waals surface area contributed by atoms with Crippen LogP contribution < -0.4 is 5.32 Å². The molecule has 0 spiro atoms. The number of halogens is 1. The van der Waals surface area contributed by atoms with Gasteiger partial charge in [0.25, 0.3) is 5.91 Å². The predicted molar refractivity (Wildman–Crippen MR) is 66.0 cm³/mol. The molecular weight excluding hydrogens is 249 g/mol. The minimum Gasteiger partial charge on any atom is -0.423 e. The van der Waals surface area contributed by atoms with Crippen LogP contribution in [-0.4, -0.2) is 16.1 Å². The van der Waals surface area contributed by atoms with E-state index in [0.29, 0.717) is 11.8 Å². The van der Waals surface area contributed by atoms with Crippen molar-refractivity contribution in [2.75, 3.05) is 0 Å². The second-order valence-electron chi connectivity index (χ2n) is 4.38. The summed E-state index contributed by atoms with van der Waals surface area (Å²) in [6.45, 7) is 3.99. The molecule has 0 fully saturated rings. The normalized spacial score (nSPS) is 10.7. The summed E-state index contributed by atoms with van der Waals surface area (Å²) in [5.74, 6) is 0.153. The Kier molecular flexibility index (Phi) is 3.89. The number of carbonyl (C=O) groups is 1. The first kappa shape index (κ1) is 13.2. The molecule has 1 heterocycles. The monoisotopic (exact) mass is 263 g/mol. The molecule has 6 heteroatoms. The number of aromatic nitrogens is 2. The van der Waals surface area contributed by atoms with Crippen molar-refractivity contribution < 1.29 is 13.6 Å². The molecule has 0 aliphatic heterocycles. The van der Waals surface area contributed by atoms with Crippen LogP contribution in [0.2, 0.25) is 0 Å². The van der Waals surface area contributed by atoms with Crippen molar-refractivity contribution in [2.24, 2.45) is 0 Å². The Hall–Kier alpha value is -2.24. The highest BCUT2D eigenvalue weighted by atomic mass is 19.1. The Labute approximate surface area is 109 Å². The molecule has 1 N–H and O–H groups in total. The molecule has 0 saturated heterocycles. The number of rotatable bonds is 4. The van der Waals surface area contributed by atoms with Gasteiger partial charge in [-0.2, -0.15) is 0 Å². The maximum absolute atomic E-state index is 13.0. The number of amides is 1. The molecule has 19 heavy (non-hydrogen) atoms. The SMILES string of the molecule is CC(C)c1nnc(CNC(=O)c2cccc(F)c2)o1. The van der Waals surface area contributed by atoms with Crippen LogP contribution >= 0.6 is 0 Å². The number of hydrogen-bond donors (Lipinski definition) is 1. The third-order valence-corrected chi connectivity index (χ3v) is 2.46. The minimum atomic E-state index is -0.451. The van der Waals surface area contributed by atoms with Crippen LogP contribution in [0.1, 0.15) is 41.9 Å². The van der Waals surface area contributed by atoms with Crippen LogP contribution in [0.15, 0.2) is 28.7 Å². The average Bonchev–Trinajstić information content (AvgIpc) is 2.85. The second-order valence-corrected chi connectivity index (χ2v) is 4.38. The highest BCUT2D eigenvalue weighted by Crippen LogP contribution is 2.11. The van der Waals surface area contributed by atoms with Gasteiger partial charge in [0, 0.05) is 11.5 Å². The van der Waals surface area contributed by atoms with Crippen molar-refractivity contribution >= 4 is 5.91 Å². The number of nitrogens with zero attached hydrogens (tertiary/aromatic N) is 2. The van der Waals surface area contributed by atoms with Gasteiger partial charge in [-0.05, 0) is 18.2 Å². The molecule has 5 nitrogen and oxygen atoms in total. The Bertz CT molecular complexity index is 581. The Morgan fingerprint density at radius 1 is 1.42 bits per heavy atom. The molecule has 0 bridgehead atoms. The first-order valence-electron chi connectivity index (χ1n) is 5.92. The summed E-state index contributed by atoms with van der Waals surface area (Å²) in [7, 11) is 0. The lowest BCUT2D eigenvalue weighted by Crippen LogP contribution is -2.23. The van der Waals surface area contributed by atoms with Gasteiger partial charge >= 0.3 is 0 Å². The lowest BCUT2D eigenvalue weighted by molar-refractivity contribution is 0.0946. The van der Waals surface area contributed by atoms with Crippen LogP contribution in [0.5, 0.6) is 0 Å². The number of carbonyl (C=O) groups excluding carboxylic acids is 1. The van der Waals surface area contributed by atoms with E-state index >= 15 is 0 Å². The summed E-state index contributed by atoms with van der Waals surface area (Å²) in [6.07, 6.45) is 0. The molecule has 1 aromatic heterocycles. The van der Waals surface area contributed by atoms with E-state index in [-0.39, 0.29) is 23.9 Å². The number of hydrogen-bond acceptors (Lipinski definition) is 4. The molecule has 0 radical (unpaired) electrons. The number of benzene rings is 1. The van der Waals surface area contributed by atoms with Gasteiger partial charge in [0.2, 0.25) is 11.8 Å². The highest BCUT2D eigenvalue weighted by molar-refractivity contribution is 5.94. The van der Waals surface area contributed by atoms with Gasteiger partial charge in [0.1, 0.15) is 5.82 Å². The molecule has 2 rings (SSSR count). The van der Waals surface area contributed by atoms with Gasteiger partial charge in [-0.25, -0.2) is 4.39 Å². The molecular formula is C13H14FN3O2. The Balaban J connectivity index is 1.96. The Morgan fingerprint density at radius 2 is 2.21 bits per heavy atom. The minimum absolute atomic E-state index is 0.120. The molecule has 0 atom stereocenters. The fourth-order valence-electron chi connectivity index (χ4n) is 1.46. The zero-order valence-electron chi connectivity index (χ0n) is 10.7. The van der Waals surface area contributed by atoms with E-state index in [1.807, 2.05) is 13.8 Å². The number of nitrogens with one attached hydrogen (secondary N) is 1. The molecule has 0 saturated carbocycles. The van der Waals surface area contributed by atoms with E-state index < -0.39 is 5.82 Å². The largest absolute Gasteiger partial charge is 0.423 e. The molecule has 0 aliphatic carbocycles. The summed E-state index contributed by atoms with van der Waals surface area (Å²) in [5.41, 5.74) is 0.253. The van der Waals surface area contributed by atoms with E-state index in [1.165, 1.54) is 24.3 Å². The van der Waals surface area contributed by atoms with Crippen molar-refractivity contribution in [3.8, 4) is 0 Å². The zero-order valence-corrected chi connectivity index (χ0v) is 10.7. The van der Waals surface area contributed by atoms with Crippen molar-refractivity contribution in [3.63, 3.8) is 0 Å². The van der Waals surface area contributed by atoms with Crippen LogP contribution in [0.3, 0.4) is 0 Å². The maximum atomic E-state index is 13.0. The molecule has 1 aromatic carbocycles. The van der Waals surface area contributed by atoms with E-state index in [9.17, 15) is 9.18 Å². The van der Waals surface area contributed by atoms with Gasteiger partial charge in [-0.3, -0.25) is 4.79 Å². The summed E-state index contributed by atoms with van der Waals surface area (Å²) >= 11 is 0. The standard InChI is InChI=1S/C13H14FN3O2/c1-8(2)13-17-16-11(19-13)7-15-12(18)9-4-3-5-10(14)6-9/h3-6,8H,7H2,1-2H3,(H,15,18). The quantitative estimate of drug-likeness (QED) is 0.918. The van der Waals surface area contributed by atoms with Crippen LogP contribution in [0.4, 0.5) is 4.39 Å².